The SMILES string of the molecule is CCCNCc1ccc(S(=O)(=O)N(C)CCOC)c(Br)c1. The monoisotopic (exact) mass is 378 g/mol. The van der Waals surface area contributed by atoms with E-state index in [0.717, 1.165) is 25.1 Å². The summed E-state index contributed by atoms with van der Waals surface area (Å²) in [5.74, 6) is 0. The van der Waals surface area contributed by atoms with Gasteiger partial charge in [-0.3, -0.25) is 0 Å². The summed E-state index contributed by atoms with van der Waals surface area (Å²) in [6, 6.07) is 5.33. The van der Waals surface area contributed by atoms with E-state index in [-0.39, 0.29) is 4.90 Å². The van der Waals surface area contributed by atoms with Crippen LogP contribution >= 0.6 is 15.9 Å². The number of ether oxygens (including phenoxy) is 1. The minimum Gasteiger partial charge on any atom is -0.383 e. The molecule has 5 nitrogen and oxygen atoms in total. The Bertz CT molecular complexity index is 549. The Morgan fingerprint density at radius 2 is 2.10 bits per heavy atom. The van der Waals surface area contributed by atoms with E-state index in [4.69, 9.17) is 4.74 Å². The first kappa shape index (κ1) is 18.6. The Labute approximate surface area is 135 Å². The molecule has 0 amide bonds. The van der Waals surface area contributed by atoms with Crippen LogP contribution in [0, 0.1) is 0 Å². The number of rotatable bonds is 9. The third kappa shape index (κ3) is 5.34. The predicted molar refractivity (Wildman–Crippen MR) is 87.8 cm³/mol. The summed E-state index contributed by atoms with van der Waals surface area (Å²) in [7, 11) is -0.395. The summed E-state index contributed by atoms with van der Waals surface area (Å²) < 4.78 is 31.7. The molecule has 7 heteroatoms. The van der Waals surface area contributed by atoms with Crippen molar-refractivity contribution in [3.8, 4) is 0 Å². The van der Waals surface area contributed by atoms with Gasteiger partial charge in [0.25, 0.3) is 0 Å². The van der Waals surface area contributed by atoms with Crippen LogP contribution in [0.15, 0.2) is 27.6 Å². The van der Waals surface area contributed by atoms with Crippen LogP contribution in [0.3, 0.4) is 0 Å². The molecule has 1 N–H and O–H groups in total. The molecule has 120 valence electrons. The molecule has 1 aromatic rings. The van der Waals surface area contributed by atoms with Crippen LogP contribution in [0.1, 0.15) is 18.9 Å². The van der Waals surface area contributed by atoms with E-state index < -0.39 is 10.0 Å². The van der Waals surface area contributed by atoms with E-state index >= 15 is 0 Å². The molecule has 0 spiro atoms. The second-order valence-electron chi connectivity index (χ2n) is 4.76. The summed E-state index contributed by atoms with van der Waals surface area (Å²) >= 11 is 3.36. The normalized spacial score (nSPS) is 12.0. The van der Waals surface area contributed by atoms with Gasteiger partial charge >= 0.3 is 0 Å². The molecule has 0 atom stereocenters. The molecule has 0 heterocycles. The smallest absolute Gasteiger partial charge is 0.244 e. The van der Waals surface area contributed by atoms with Gasteiger partial charge in [0, 0.05) is 31.7 Å². The van der Waals surface area contributed by atoms with Crippen LogP contribution in [0.2, 0.25) is 0 Å². The lowest BCUT2D eigenvalue weighted by Gasteiger charge is -2.18. The zero-order valence-electron chi connectivity index (χ0n) is 12.7. The maximum Gasteiger partial charge on any atom is 0.244 e. The molecule has 0 aliphatic heterocycles. The van der Waals surface area contributed by atoms with Gasteiger partial charge in [0.2, 0.25) is 10.0 Å². The van der Waals surface area contributed by atoms with Gasteiger partial charge in [-0.05, 0) is 46.6 Å². The van der Waals surface area contributed by atoms with Crippen LogP contribution in [0.5, 0.6) is 0 Å². The molecule has 0 saturated carbocycles. The fourth-order valence-electron chi connectivity index (χ4n) is 1.78. The van der Waals surface area contributed by atoms with Gasteiger partial charge in [0.05, 0.1) is 11.5 Å². The lowest BCUT2D eigenvalue weighted by atomic mass is 10.2. The molecule has 0 fully saturated rings. The van der Waals surface area contributed by atoms with Crippen molar-refractivity contribution in [3.63, 3.8) is 0 Å². The van der Waals surface area contributed by atoms with Gasteiger partial charge in [-0.15, -0.1) is 0 Å². The summed E-state index contributed by atoms with van der Waals surface area (Å²) in [5, 5.41) is 3.29. The molecule has 21 heavy (non-hydrogen) atoms. The first-order chi connectivity index (χ1) is 9.93. The van der Waals surface area contributed by atoms with E-state index in [1.807, 2.05) is 12.1 Å². The number of sulfonamides is 1. The molecule has 1 aromatic carbocycles. The fourth-order valence-corrected chi connectivity index (χ4v) is 4.02. The number of methoxy groups -OCH3 is 1. The van der Waals surface area contributed by atoms with Gasteiger partial charge in [0.15, 0.2) is 0 Å². The first-order valence-electron chi connectivity index (χ1n) is 6.88. The van der Waals surface area contributed by atoms with Crippen molar-refractivity contribution in [3.05, 3.63) is 28.2 Å². The predicted octanol–water partition coefficient (Wildman–Crippen LogP) is 2.22. The molecule has 1 rings (SSSR count). The number of hydrogen-bond acceptors (Lipinski definition) is 4. The van der Waals surface area contributed by atoms with Crippen molar-refractivity contribution in [1.82, 2.24) is 9.62 Å². The highest BCUT2D eigenvalue weighted by molar-refractivity contribution is 9.10. The second kappa shape index (κ2) is 8.85. The first-order valence-corrected chi connectivity index (χ1v) is 9.11. The summed E-state index contributed by atoms with van der Waals surface area (Å²) in [4.78, 5) is 0.278. The molecular weight excluding hydrogens is 356 g/mol. The van der Waals surface area contributed by atoms with Gasteiger partial charge in [-0.1, -0.05) is 13.0 Å². The Balaban J connectivity index is 2.88. The Morgan fingerprint density at radius 1 is 1.38 bits per heavy atom. The van der Waals surface area contributed by atoms with Crippen molar-refractivity contribution in [2.75, 3.05) is 33.9 Å². The number of halogens is 1. The van der Waals surface area contributed by atoms with Crippen LogP contribution < -0.4 is 5.32 Å². The zero-order valence-corrected chi connectivity index (χ0v) is 15.1. The third-order valence-corrected chi connectivity index (χ3v) is 5.88. The highest BCUT2D eigenvalue weighted by Gasteiger charge is 2.23. The van der Waals surface area contributed by atoms with Crippen molar-refractivity contribution < 1.29 is 13.2 Å². The Morgan fingerprint density at radius 3 is 2.67 bits per heavy atom. The average molecular weight is 379 g/mol. The zero-order chi connectivity index (χ0) is 15.9. The van der Waals surface area contributed by atoms with Crippen LogP contribution in [0.25, 0.3) is 0 Å². The summed E-state index contributed by atoms with van der Waals surface area (Å²) in [5.41, 5.74) is 1.05. The highest BCUT2D eigenvalue weighted by Crippen LogP contribution is 2.25. The number of hydrogen-bond donors (Lipinski definition) is 1. The minimum atomic E-state index is -3.50. The molecule has 0 radical (unpaired) electrons. The topological polar surface area (TPSA) is 58.6 Å². The van der Waals surface area contributed by atoms with E-state index in [1.165, 1.54) is 4.31 Å². The fraction of sp³-hybridized carbons (Fsp3) is 0.571. The highest BCUT2D eigenvalue weighted by atomic mass is 79.9. The summed E-state index contributed by atoms with van der Waals surface area (Å²) in [6.45, 7) is 4.47. The quantitative estimate of drug-likeness (QED) is 0.669. The Hall–Kier alpha value is -0.470. The lowest BCUT2D eigenvalue weighted by Crippen LogP contribution is -2.30. The maximum absolute atomic E-state index is 12.5. The maximum atomic E-state index is 12.5. The molecule has 0 bridgehead atoms. The van der Waals surface area contributed by atoms with Crippen LogP contribution in [0.4, 0.5) is 0 Å². The lowest BCUT2D eigenvalue weighted by molar-refractivity contribution is 0.185. The van der Waals surface area contributed by atoms with Gasteiger partial charge in [-0.25, -0.2) is 8.42 Å². The molecule has 0 aromatic heterocycles. The standard InChI is InChI=1S/C14H23BrN2O3S/c1-4-7-16-11-12-5-6-14(13(15)10-12)21(18,19)17(2)8-9-20-3/h5-6,10,16H,4,7-9,11H2,1-3H3. The number of nitrogens with one attached hydrogen (secondary N) is 1. The van der Waals surface area contributed by atoms with Crippen molar-refractivity contribution in [1.29, 1.82) is 0 Å². The molecule has 0 unspecified atom stereocenters. The van der Waals surface area contributed by atoms with E-state index in [9.17, 15) is 8.42 Å². The number of likely N-dealkylation sites (N-methyl/N-ethyl adjacent to an activating group) is 1. The molecular formula is C14H23BrN2O3S. The number of nitrogens with zero attached hydrogens (tertiary/aromatic N) is 1. The van der Waals surface area contributed by atoms with E-state index in [1.54, 1.807) is 20.2 Å². The molecule has 0 aliphatic carbocycles. The van der Waals surface area contributed by atoms with Crippen molar-refractivity contribution >= 4 is 26.0 Å². The van der Waals surface area contributed by atoms with Crippen LogP contribution in [-0.2, 0) is 21.3 Å². The van der Waals surface area contributed by atoms with E-state index in [2.05, 4.69) is 28.2 Å². The van der Waals surface area contributed by atoms with Gasteiger partial charge < -0.3 is 10.1 Å². The Kier molecular flexibility index (Phi) is 7.83. The molecule has 0 saturated heterocycles. The third-order valence-electron chi connectivity index (χ3n) is 3.05. The second-order valence-corrected chi connectivity index (χ2v) is 7.63. The largest absolute Gasteiger partial charge is 0.383 e. The van der Waals surface area contributed by atoms with E-state index in [0.29, 0.717) is 17.6 Å². The molecule has 0 aliphatic rings. The van der Waals surface area contributed by atoms with Crippen LogP contribution in [-0.4, -0.2) is 46.6 Å². The van der Waals surface area contributed by atoms with Crippen molar-refractivity contribution in [2.45, 2.75) is 24.8 Å². The van der Waals surface area contributed by atoms with Gasteiger partial charge in [0.1, 0.15) is 0 Å². The van der Waals surface area contributed by atoms with Gasteiger partial charge in [-0.2, -0.15) is 4.31 Å². The van der Waals surface area contributed by atoms with Crippen molar-refractivity contribution in [2.24, 2.45) is 0 Å². The average Bonchev–Trinajstić information content (AvgIpc) is 2.44. The summed E-state index contributed by atoms with van der Waals surface area (Å²) in [6.07, 6.45) is 1.07. The minimum absolute atomic E-state index is 0.278. The number of benzene rings is 1.